The first-order valence-corrected chi connectivity index (χ1v) is 9.11. The number of nitrogens with zero attached hydrogens (tertiary/aromatic N) is 7. The zero-order valence-corrected chi connectivity index (χ0v) is 15.9. The molecule has 11 nitrogen and oxygen atoms in total. The number of primary amides is 1. The summed E-state index contributed by atoms with van der Waals surface area (Å²) in [4.78, 5) is 35.3. The monoisotopic (exact) mass is 396 g/mol. The van der Waals surface area contributed by atoms with Gasteiger partial charge >= 0.3 is 0 Å². The van der Waals surface area contributed by atoms with Crippen LogP contribution in [0.15, 0.2) is 30.7 Å². The fourth-order valence-corrected chi connectivity index (χ4v) is 3.58. The highest BCUT2D eigenvalue weighted by Gasteiger charge is 2.24. The molecule has 0 atom stereocenters. The molecule has 0 aliphatic carbocycles. The Hall–Kier alpha value is -3.60. The predicted molar refractivity (Wildman–Crippen MR) is 105 cm³/mol. The maximum Gasteiger partial charge on any atom is 0.274 e. The average Bonchev–Trinajstić information content (AvgIpc) is 3.10. The number of hydrogen-bond acceptors (Lipinski definition) is 8. The van der Waals surface area contributed by atoms with Crippen molar-refractivity contribution in [3.63, 3.8) is 0 Å². The van der Waals surface area contributed by atoms with Crippen molar-refractivity contribution in [2.45, 2.75) is 6.54 Å². The Morgan fingerprint density at radius 2 is 2.00 bits per heavy atom. The van der Waals surface area contributed by atoms with E-state index >= 15 is 0 Å². The van der Waals surface area contributed by atoms with Gasteiger partial charge in [-0.25, -0.2) is 9.97 Å². The van der Waals surface area contributed by atoms with Gasteiger partial charge in [0.05, 0.1) is 16.5 Å². The van der Waals surface area contributed by atoms with Gasteiger partial charge < -0.3 is 10.6 Å². The number of nitrogens with two attached hydrogens (primary N) is 1. The number of amides is 1. The molecule has 0 bridgehead atoms. The van der Waals surface area contributed by atoms with Crippen molar-refractivity contribution in [2.24, 2.45) is 12.8 Å². The number of fused-ring (bicyclic) bond motifs is 1. The van der Waals surface area contributed by atoms with Gasteiger partial charge in [-0.3, -0.25) is 24.5 Å². The van der Waals surface area contributed by atoms with Gasteiger partial charge in [0, 0.05) is 57.0 Å². The van der Waals surface area contributed by atoms with Gasteiger partial charge in [-0.1, -0.05) is 6.07 Å². The van der Waals surface area contributed by atoms with E-state index in [0.717, 1.165) is 43.0 Å². The second-order valence-corrected chi connectivity index (χ2v) is 6.93. The first kappa shape index (κ1) is 18.7. The Morgan fingerprint density at radius 3 is 2.69 bits per heavy atom. The van der Waals surface area contributed by atoms with Crippen molar-refractivity contribution < 1.29 is 9.72 Å². The molecule has 4 rings (SSSR count). The fraction of sp³-hybridized carbons (Fsp3) is 0.333. The van der Waals surface area contributed by atoms with Crippen LogP contribution in [0.4, 0.5) is 11.5 Å². The lowest BCUT2D eigenvalue weighted by Gasteiger charge is -2.35. The van der Waals surface area contributed by atoms with E-state index < -0.39 is 10.8 Å². The molecule has 11 heteroatoms. The van der Waals surface area contributed by atoms with Gasteiger partial charge in [-0.2, -0.15) is 5.10 Å². The molecule has 0 unspecified atom stereocenters. The van der Waals surface area contributed by atoms with Crippen molar-refractivity contribution in [2.75, 3.05) is 31.1 Å². The number of aryl methyl sites for hydroxylation is 1. The van der Waals surface area contributed by atoms with E-state index in [0.29, 0.717) is 12.1 Å². The standard InChI is InChI=1S/C18H20N8O3/c1-23-17-14(9-22-23)18(21-11-20-17)25-6-4-24(5-7-25)10-13-3-2-12(16(19)27)8-15(13)26(28)29/h2-3,8-9,11H,4-7,10H2,1H3,(H2,19,27). The third-order valence-electron chi connectivity index (χ3n) is 5.14. The van der Waals surface area contributed by atoms with Crippen LogP contribution >= 0.6 is 0 Å². The first-order valence-electron chi connectivity index (χ1n) is 9.11. The third-order valence-corrected chi connectivity index (χ3v) is 5.14. The van der Waals surface area contributed by atoms with E-state index in [4.69, 9.17) is 5.73 Å². The van der Waals surface area contributed by atoms with E-state index in [-0.39, 0.29) is 11.3 Å². The number of aromatic nitrogens is 4. The molecular formula is C18H20N8O3. The van der Waals surface area contributed by atoms with E-state index in [2.05, 4.69) is 24.9 Å². The molecule has 2 N–H and O–H groups in total. The molecule has 29 heavy (non-hydrogen) atoms. The van der Waals surface area contributed by atoms with Crippen LogP contribution in [0.2, 0.25) is 0 Å². The van der Waals surface area contributed by atoms with Gasteiger partial charge in [-0.05, 0) is 6.07 Å². The highest BCUT2D eigenvalue weighted by Crippen LogP contribution is 2.25. The van der Waals surface area contributed by atoms with Crippen molar-refractivity contribution in [3.8, 4) is 0 Å². The predicted octanol–water partition coefficient (Wildman–Crippen LogP) is 0.693. The van der Waals surface area contributed by atoms with E-state index in [9.17, 15) is 14.9 Å². The Morgan fingerprint density at radius 1 is 1.24 bits per heavy atom. The first-order chi connectivity index (χ1) is 13.9. The number of piperazine rings is 1. The minimum absolute atomic E-state index is 0.0865. The molecule has 150 valence electrons. The average molecular weight is 396 g/mol. The zero-order valence-electron chi connectivity index (χ0n) is 15.9. The largest absolute Gasteiger partial charge is 0.366 e. The lowest BCUT2D eigenvalue weighted by atomic mass is 10.1. The number of carbonyl (C=O) groups excluding carboxylic acids is 1. The number of carbonyl (C=O) groups is 1. The van der Waals surface area contributed by atoms with E-state index in [1.54, 1.807) is 16.9 Å². The fourth-order valence-electron chi connectivity index (χ4n) is 3.58. The van der Waals surface area contributed by atoms with Crippen LogP contribution in [0.1, 0.15) is 15.9 Å². The highest BCUT2D eigenvalue weighted by molar-refractivity contribution is 5.93. The van der Waals surface area contributed by atoms with Crippen LogP contribution in [0.5, 0.6) is 0 Å². The molecule has 0 spiro atoms. The summed E-state index contributed by atoms with van der Waals surface area (Å²) in [6, 6.07) is 4.38. The maximum absolute atomic E-state index is 11.4. The minimum atomic E-state index is -0.681. The van der Waals surface area contributed by atoms with E-state index in [1.165, 1.54) is 18.5 Å². The van der Waals surface area contributed by atoms with Crippen molar-refractivity contribution in [1.82, 2.24) is 24.6 Å². The molecule has 0 radical (unpaired) electrons. The maximum atomic E-state index is 11.4. The molecular weight excluding hydrogens is 376 g/mol. The van der Waals surface area contributed by atoms with Gasteiger partial charge in [0.25, 0.3) is 5.69 Å². The van der Waals surface area contributed by atoms with Crippen LogP contribution < -0.4 is 10.6 Å². The normalized spacial score (nSPS) is 15.0. The van der Waals surface area contributed by atoms with Gasteiger partial charge in [0.1, 0.15) is 12.1 Å². The molecule has 1 amide bonds. The third kappa shape index (κ3) is 3.59. The summed E-state index contributed by atoms with van der Waals surface area (Å²) in [5.41, 5.74) is 6.62. The summed E-state index contributed by atoms with van der Waals surface area (Å²) in [6.07, 6.45) is 3.30. The molecule has 2 aromatic heterocycles. The molecule has 1 aliphatic rings. The SMILES string of the molecule is Cn1ncc2c(N3CCN(Cc4ccc(C(N)=O)cc4[N+](=O)[O-])CC3)ncnc21. The quantitative estimate of drug-likeness (QED) is 0.491. The van der Waals surface area contributed by atoms with Crippen LogP contribution in [-0.4, -0.2) is 61.7 Å². The minimum Gasteiger partial charge on any atom is -0.366 e. The molecule has 1 saturated heterocycles. The van der Waals surface area contributed by atoms with Gasteiger partial charge in [0.15, 0.2) is 5.65 Å². The summed E-state index contributed by atoms with van der Waals surface area (Å²) in [6.45, 7) is 3.33. The summed E-state index contributed by atoms with van der Waals surface area (Å²) in [5.74, 6) is 0.166. The molecule has 1 aromatic carbocycles. The molecule has 3 heterocycles. The number of rotatable bonds is 5. The van der Waals surface area contributed by atoms with Crippen LogP contribution in [0.3, 0.4) is 0 Å². The summed E-state index contributed by atoms with van der Waals surface area (Å²) < 4.78 is 1.71. The van der Waals surface area contributed by atoms with Crippen LogP contribution in [-0.2, 0) is 13.6 Å². The van der Waals surface area contributed by atoms with Gasteiger partial charge in [0.2, 0.25) is 5.91 Å². The van der Waals surface area contributed by atoms with Crippen LogP contribution in [0, 0.1) is 10.1 Å². The van der Waals surface area contributed by atoms with Crippen molar-refractivity contribution in [1.29, 1.82) is 0 Å². The van der Waals surface area contributed by atoms with E-state index in [1.807, 2.05) is 7.05 Å². The number of nitro groups is 1. The number of nitro benzene ring substituents is 1. The zero-order chi connectivity index (χ0) is 20.5. The van der Waals surface area contributed by atoms with Gasteiger partial charge in [-0.15, -0.1) is 0 Å². The Balaban J connectivity index is 1.48. The molecule has 1 aliphatic heterocycles. The number of benzene rings is 1. The Kier molecular flexibility index (Phi) is 4.80. The van der Waals surface area contributed by atoms with Crippen molar-refractivity contribution >= 4 is 28.4 Å². The highest BCUT2D eigenvalue weighted by atomic mass is 16.6. The number of anilines is 1. The summed E-state index contributed by atoms with van der Waals surface area (Å²) in [7, 11) is 1.84. The Labute approximate surface area is 165 Å². The lowest BCUT2D eigenvalue weighted by Crippen LogP contribution is -2.46. The number of hydrogen-bond donors (Lipinski definition) is 1. The Bertz CT molecular complexity index is 1090. The van der Waals surface area contributed by atoms with Crippen molar-refractivity contribution in [3.05, 3.63) is 52.0 Å². The summed E-state index contributed by atoms with van der Waals surface area (Å²) >= 11 is 0. The molecule has 0 saturated carbocycles. The summed E-state index contributed by atoms with van der Waals surface area (Å²) in [5, 5.41) is 16.6. The second-order valence-electron chi connectivity index (χ2n) is 6.93. The van der Waals surface area contributed by atoms with Crippen LogP contribution in [0.25, 0.3) is 11.0 Å². The molecule has 3 aromatic rings. The topological polar surface area (TPSA) is 136 Å². The smallest absolute Gasteiger partial charge is 0.274 e. The lowest BCUT2D eigenvalue weighted by molar-refractivity contribution is -0.385. The second kappa shape index (κ2) is 7.43. The molecule has 1 fully saturated rings.